The van der Waals surface area contributed by atoms with Gasteiger partial charge in [-0.3, -0.25) is 0 Å². The van der Waals surface area contributed by atoms with Crippen molar-refractivity contribution in [1.82, 2.24) is 9.13 Å². The van der Waals surface area contributed by atoms with Crippen LogP contribution >= 0.6 is 0 Å². The van der Waals surface area contributed by atoms with Crippen molar-refractivity contribution in [3.05, 3.63) is 185 Å². The Morgan fingerprint density at radius 1 is 0.483 bits per heavy atom. The van der Waals surface area contributed by atoms with Gasteiger partial charge in [0.05, 0.1) is 22.6 Å². The van der Waals surface area contributed by atoms with E-state index in [1.165, 1.54) is 110 Å². The van der Waals surface area contributed by atoms with E-state index in [0.717, 1.165) is 6.42 Å². The molecule has 3 aliphatic carbocycles. The lowest BCUT2D eigenvalue weighted by atomic mass is 9.62. The summed E-state index contributed by atoms with van der Waals surface area (Å²) in [7, 11) is 0. The molecule has 0 fully saturated rings. The van der Waals surface area contributed by atoms with Gasteiger partial charge >= 0.3 is 0 Å². The number of aromatic nitrogens is 2. The molecule has 2 aromatic heterocycles. The number of benzene rings is 7. The first-order valence-corrected chi connectivity index (χ1v) is 22.1. The van der Waals surface area contributed by atoms with Gasteiger partial charge in [0.25, 0.3) is 0 Å². The van der Waals surface area contributed by atoms with Crippen molar-refractivity contribution in [2.24, 2.45) is 0 Å². The van der Waals surface area contributed by atoms with Crippen LogP contribution in [0, 0.1) is 13.8 Å². The summed E-state index contributed by atoms with van der Waals surface area (Å²) in [5, 5.41) is 5.49. The summed E-state index contributed by atoms with van der Waals surface area (Å²) >= 11 is 0. The minimum absolute atomic E-state index is 0.252. The predicted octanol–water partition coefficient (Wildman–Crippen LogP) is 16.0. The fourth-order valence-corrected chi connectivity index (χ4v) is 11.8. The molecular formula is C58H50N2. The van der Waals surface area contributed by atoms with Gasteiger partial charge in [-0.25, -0.2) is 0 Å². The zero-order chi connectivity index (χ0) is 40.6. The number of allylic oxidation sites excluding steroid dienone is 4. The van der Waals surface area contributed by atoms with Crippen molar-refractivity contribution in [2.75, 3.05) is 0 Å². The van der Waals surface area contributed by atoms with E-state index in [0.29, 0.717) is 23.7 Å². The van der Waals surface area contributed by atoms with Crippen molar-refractivity contribution >= 4 is 43.6 Å². The zero-order valence-electron chi connectivity index (χ0n) is 35.4. The lowest BCUT2D eigenvalue weighted by Crippen LogP contribution is -2.24. The van der Waals surface area contributed by atoms with Gasteiger partial charge in [0.1, 0.15) is 0 Å². The monoisotopic (exact) mass is 774 g/mol. The highest BCUT2D eigenvalue weighted by Crippen LogP contribution is 2.61. The van der Waals surface area contributed by atoms with Gasteiger partial charge in [0.15, 0.2) is 0 Å². The zero-order valence-corrected chi connectivity index (χ0v) is 35.4. The normalized spacial score (nSPS) is 20.5. The van der Waals surface area contributed by atoms with Crippen LogP contribution < -0.4 is 0 Å². The van der Waals surface area contributed by atoms with Gasteiger partial charge in [0, 0.05) is 32.7 Å². The third-order valence-corrected chi connectivity index (χ3v) is 15.1. The van der Waals surface area contributed by atoms with Crippen LogP contribution in [0.1, 0.15) is 97.2 Å². The Bertz CT molecular complexity index is 3330. The molecule has 12 rings (SSSR count). The summed E-state index contributed by atoms with van der Waals surface area (Å²) in [4.78, 5) is 0. The first kappa shape index (κ1) is 35.6. The van der Waals surface area contributed by atoms with E-state index >= 15 is 0 Å². The molecule has 5 unspecified atom stereocenters. The average molecular weight is 775 g/mol. The van der Waals surface area contributed by atoms with Crippen LogP contribution in [0.2, 0.25) is 0 Å². The second-order valence-electron chi connectivity index (χ2n) is 18.2. The maximum absolute atomic E-state index is 2.73. The van der Waals surface area contributed by atoms with E-state index < -0.39 is 0 Å². The fourth-order valence-electron chi connectivity index (χ4n) is 11.8. The van der Waals surface area contributed by atoms with Gasteiger partial charge in [-0.2, -0.15) is 0 Å². The van der Waals surface area contributed by atoms with E-state index in [-0.39, 0.29) is 6.04 Å². The number of fused-ring (bicyclic) bond motifs is 8. The molecule has 60 heavy (non-hydrogen) atoms. The Kier molecular flexibility index (Phi) is 7.74. The SMILES string of the molecule is Cc1ccccc1-c1ccc2c(c1)c1cc3c4c(c1n2-c1ccccc1)C(C)C(C)c1cc2c5cc(-c6ccccc6C)ccc5n(C5C=CC=CC5)c2c(c1-4)C(C)C3C. The Morgan fingerprint density at radius 3 is 1.60 bits per heavy atom. The van der Waals surface area contributed by atoms with Crippen molar-refractivity contribution in [2.45, 2.75) is 77.7 Å². The molecule has 0 spiro atoms. The maximum Gasteiger partial charge on any atom is 0.0582 e. The molecular weight excluding hydrogens is 725 g/mol. The third-order valence-electron chi connectivity index (χ3n) is 15.1. The van der Waals surface area contributed by atoms with E-state index in [1.807, 2.05) is 0 Å². The highest BCUT2D eigenvalue weighted by molar-refractivity contribution is 6.17. The molecule has 0 amide bonds. The Hall–Kier alpha value is -6.38. The fraction of sp³-hybridized carbons (Fsp3) is 0.207. The second kappa shape index (κ2) is 13.1. The van der Waals surface area contributed by atoms with Crippen molar-refractivity contribution in [1.29, 1.82) is 0 Å². The summed E-state index contributed by atoms with van der Waals surface area (Å²) in [5.74, 6) is 1.30. The number of aryl methyl sites for hydroxylation is 2. The number of rotatable bonds is 4. The van der Waals surface area contributed by atoms with Crippen molar-refractivity contribution < 1.29 is 0 Å². The topological polar surface area (TPSA) is 9.86 Å². The van der Waals surface area contributed by atoms with Crippen molar-refractivity contribution in [3.8, 4) is 39.1 Å². The molecule has 292 valence electrons. The van der Waals surface area contributed by atoms with Gasteiger partial charge in [-0.1, -0.05) is 131 Å². The lowest BCUT2D eigenvalue weighted by molar-refractivity contribution is 0.580. The van der Waals surface area contributed by atoms with Crippen LogP contribution in [0.15, 0.2) is 152 Å². The van der Waals surface area contributed by atoms with Crippen LogP contribution in [0.4, 0.5) is 0 Å². The smallest absolute Gasteiger partial charge is 0.0582 e. The summed E-state index contributed by atoms with van der Waals surface area (Å²) in [6.07, 6.45) is 10.2. The Labute approximate surface area is 353 Å². The predicted molar refractivity (Wildman–Crippen MR) is 255 cm³/mol. The standard InChI is InChI=1S/C58H50N2/c1-33-17-13-15-23-43(33)39-25-27-51-47(29-39)49-31-45-35(3)38(6)54-56-46(36(4)37(5)53(55(45)56)57(49)59(51)41-19-9-7-10-20-41)32-50-48-30-40(44-24-16-14-18-34(44)2)26-28-52(48)60(58(50)54)42-21-11-8-12-22-42/h7-21,23-32,35-38,42H,22H2,1-6H3. The molecule has 0 saturated heterocycles. The van der Waals surface area contributed by atoms with Crippen LogP contribution in [0.25, 0.3) is 82.7 Å². The summed E-state index contributed by atoms with van der Waals surface area (Å²) in [6.45, 7) is 14.5. The highest BCUT2D eigenvalue weighted by atomic mass is 15.0. The largest absolute Gasteiger partial charge is 0.333 e. The Balaban J connectivity index is 1.22. The highest BCUT2D eigenvalue weighted by Gasteiger charge is 2.42. The molecule has 7 aromatic carbocycles. The van der Waals surface area contributed by atoms with Gasteiger partial charge in [0.2, 0.25) is 0 Å². The molecule has 2 heteroatoms. The van der Waals surface area contributed by atoms with Crippen LogP contribution in [0.3, 0.4) is 0 Å². The number of hydrogen-bond acceptors (Lipinski definition) is 0. The lowest BCUT2D eigenvalue weighted by Gasteiger charge is -2.42. The molecule has 0 saturated carbocycles. The first-order valence-electron chi connectivity index (χ1n) is 22.1. The summed E-state index contributed by atoms with van der Waals surface area (Å²) in [6, 6.07) is 48.8. The first-order chi connectivity index (χ1) is 29.3. The Morgan fingerprint density at radius 2 is 1.02 bits per heavy atom. The maximum atomic E-state index is 2.73. The molecule has 9 aromatic rings. The van der Waals surface area contributed by atoms with E-state index in [9.17, 15) is 0 Å². The minimum atomic E-state index is 0.252. The van der Waals surface area contributed by atoms with Crippen LogP contribution in [0.5, 0.6) is 0 Å². The molecule has 3 aliphatic rings. The average Bonchev–Trinajstić information content (AvgIpc) is 3.79. The molecule has 2 nitrogen and oxygen atoms in total. The quantitative estimate of drug-likeness (QED) is 0.169. The second-order valence-corrected chi connectivity index (χ2v) is 18.2. The molecule has 5 atom stereocenters. The number of para-hydroxylation sites is 1. The molecule has 0 bridgehead atoms. The minimum Gasteiger partial charge on any atom is -0.333 e. The van der Waals surface area contributed by atoms with Crippen molar-refractivity contribution in [3.63, 3.8) is 0 Å². The van der Waals surface area contributed by atoms with E-state index in [1.54, 1.807) is 5.56 Å². The van der Waals surface area contributed by atoms with Crippen LogP contribution in [-0.4, -0.2) is 9.13 Å². The molecule has 0 radical (unpaired) electrons. The van der Waals surface area contributed by atoms with Crippen LogP contribution in [-0.2, 0) is 0 Å². The molecule has 0 N–H and O–H groups in total. The molecule has 2 heterocycles. The van der Waals surface area contributed by atoms with Gasteiger partial charge in [-0.05, 0) is 159 Å². The van der Waals surface area contributed by atoms with Gasteiger partial charge < -0.3 is 9.13 Å². The van der Waals surface area contributed by atoms with E-state index in [2.05, 4.69) is 202 Å². The third kappa shape index (κ3) is 4.82. The summed E-state index contributed by atoms with van der Waals surface area (Å²) in [5.41, 5.74) is 23.5. The number of hydrogen-bond donors (Lipinski definition) is 0. The van der Waals surface area contributed by atoms with Gasteiger partial charge in [-0.15, -0.1) is 0 Å². The van der Waals surface area contributed by atoms with E-state index in [4.69, 9.17) is 0 Å². The molecule has 0 aliphatic heterocycles. The summed E-state index contributed by atoms with van der Waals surface area (Å²) < 4.78 is 5.32. The number of nitrogens with zero attached hydrogens (tertiary/aromatic N) is 2.